The zero-order valence-electron chi connectivity index (χ0n) is 11.4. The summed E-state index contributed by atoms with van der Waals surface area (Å²) >= 11 is 0. The smallest absolute Gasteiger partial charge is 0.220 e. The summed E-state index contributed by atoms with van der Waals surface area (Å²) < 4.78 is 2.06. The Morgan fingerprint density at radius 2 is 2.22 bits per heavy atom. The van der Waals surface area contributed by atoms with Gasteiger partial charge < -0.3 is 5.32 Å². The minimum absolute atomic E-state index is 0.144. The molecule has 1 aliphatic carbocycles. The molecule has 0 atom stereocenters. The Balaban J connectivity index is 1.80. The van der Waals surface area contributed by atoms with Gasteiger partial charge in [0, 0.05) is 18.7 Å². The molecule has 0 saturated carbocycles. The maximum Gasteiger partial charge on any atom is 0.220 e. The van der Waals surface area contributed by atoms with Gasteiger partial charge in [0.05, 0.1) is 12.7 Å². The summed E-state index contributed by atoms with van der Waals surface area (Å²) in [5.74, 6) is 0.563. The number of rotatable bonds is 5. The number of carbonyl (C=O) groups excluding carboxylic acids is 1. The second kappa shape index (κ2) is 6.03. The van der Waals surface area contributed by atoms with E-state index in [0.717, 1.165) is 19.4 Å². The van der Waals surface area contributed by atoms with E-state index in [9.17, 15) is 4.79 Å². The summed E-state index contributed by atoms with van der Waals surface area (Å²) in [5.41, 5.74) is 2.77. The fourth-order valence-electron chi connectivity index (χ4n) is 2.49. The molecule has 0 bridgehead atoms. The van der Waals surface area contributed by atoms with Crippen molar-refractivity contribution >= 4 is 5.91 Å². The second-order valence-electron chi connectivity index (χ2n) is 5.49. The summed E-state index contributed by atoms with van der Waals surface area (Å²) in [6, 6.07) is 0. The summed E-state index contributed by atoms with van der Waals surface area (Å²) in [6.07, 6.45) is 7.44. The Bertz CT molecular complexity index is 409. The van der Waals surface area contributed by atoms with E-state index >= 15 is 0 Å². The lowest BCUT2D eigenvalue weighted by atomic mass is 9.98. The van der Waals surface area contributed by atoms with Crippen LogP contribution in [0.15, 0.2) is 6.20 Å². The largest absolute Gasteiger partial charge is 0.354 e. The average Bonchev–Trinajstić information content (AvgIpc) is 2.72. The van der Waals surface area contributed by atoms with Crippen LogP contribution in [0.1, 0.15) is 44.4 Å². The molecule has 1 N–H and O–H groups in total. The predicted octanol–water partition coefficient (Wildman–Crippen LogP) is 1.92. The Kier molecular flexibility index (Phi) is 4.39. The molecule has 0 aliphatic heterocycles. The van der Waals surface area contributed by atoms with Gasteiger partial charge in [0.25, 0.3) is 0 Å². The van der Waals surface area contributed by atoms with Gasteiger partial charge in [-0.15, -0.1) is 0 Å². The third-order valence-electron chi connectivity index (χ3n) is 3.38. The molecule has 1 amide bonds. The number of nitrogens with zero attached hydrogens (tertiary/aromatic N) is 2. The van der Waals surface area contributed by atoms with Crippen molar-refractivity contribution in [2.24, 2.45) is 5.92 Å². The van der Waals surface area contributed by atoms with Crippen molar-refractivity contribution in [3.05, 3.63) is 17.5 Å². The van der Waals surface area contributed by atoms with E-state index in [1.807, 2.05) is 6.20 Å². The molecule has 0 fully saturated rings. The zero-order valence-corrected chi connectivity index (χ0v) is 11.4. The van der Waals surface area contributed by atoms with Crippen LogP contribution in [0.25, 0.3) is 0 Å². The number of hydrogen-bond donors (Lipinski definition) is 1. The van der Waals surface area contributed by atoms with Gasteiger partial charge in [0.15, 0.2) is 0 Å². The molecule has 18 heavy (non-hydrogen) atoms. The lowest BCUT2D eigenvalue weighted by Crippen LogP contribution is -2.28. The van der Waals surface area contributed by atoms with Gasteiger partial charge in [-0.1, -0.05) is 13.8 Å². The van der Waals surface area contributed by atoms with E-state index in [-0.39, 0.29) is 5.91 Å². The van der Waals surface area contributed by atoms with E-state index in [1.165, 1.54) is 24.1 Å². The molecule has 0 spiro atoms. The number of carbonyl (C=O) groups is 1. The van der Waals surface area contributed by atoms with Crippen LogP contribution in [0.5, 0.6) is 0 Å². The Labute approximate surface area is 109 Å². The van der Waals surface area contributed by atoms with E-state index in [0.29, 0.717) is 18.9 Å². The van der Waals surface area contributed by atoms with Crippen LogP contribution in [0.2, 0.25) is 0 Å². The van der Waals surface area contributed by atoms with Gasteiger partial charge in [0.2, 0.25) is 5.91 Å². The van der Waals surface area contributed by atoms with Crippen molar-refractivity contribution in [1.29, 1.82) is 0 Å². The SMILES string of the molecule is CC(C)CC(=O)NCCn1ncc2c1CCCC2. The normalized spacial score (nSPS) is 14.6. The first-order chi connectivity index (χ1) is 8.66. The topological polar surface area (TPSA) is 46.9 Å². The van der Waals surface area contributed by atoms with Crippen molar-refractivity contribution in [2.45, 2.75) is 52.5 Å². The highest BCUT2D eigenvalue weighted by Gasteiger charge is 2.14. The van der Waals surface area contributed by atoms with E-state index in [2.05, 4.69) is 28.9 Å². The van der Waals surface area contributed by atoms with E-state index in [4.69, 9.17) is 0 Å². The number of aromatic nitrogens is 2. The number of nitrogens with one attached hydrogen (secondary N) is 1. The highest BCUT2D eigenvalue weighted by atomic mass is 16.1. The molecule has 1 heterocycles. The third kappa shape index (κ3) is 3.34. The van der Waals surface area contributed by atoms with Crippen molar-refractivity contribution in [3.63, 3.8) is 0 Å². The van der Waals surface area contributed by atoms with Crippen LogP contribution in [-0.2, 0) is 24.2 Å². The van der Waals surface area contributed by atoms with Gasteiger partial charge in [0.1, 0.15) is 0 Å². The first kappa shape index (κ1) is 13.1. The quantitative estimate of drug-likeness (QED) is 0.866. The van der Waals surface area contributed by atoms with Gasteiger partial charge >= 0.3 is 0 Å². The lowest BCUT2D eigenvalue weighted by molar-refractivity contribution is -0.121. The molecule has 0 radical (unpaired) electrons. The lowest BCUT2D eigenvalue weighted by Gasteiger charge is -2.14. The Morgan fingerprint density at radius 1 is 1.44 bits per heavy atom. The third-order valence-corrected chi connectivity index (χ3v) is 3.38. The Morgan fingerprint density at radius 3 is 3.00 bits per heavy atom. The molecular formula is C14H23N3O. The number of aryl methyl sites for hydroxylation is 1. The molecule has 2 rings (SSSR count). The van der Waals surface area contributed by atoms with Crippen LogP contribution in [0.3, 0.4) is 0 Å². The predicted molar refractivity (Wildman–Crippen MR) is 71.3 cm³/mol. The molecule has 1 aromatic rings. The minimum atomic E-state index is 0.144. The van der Waals surface area contributed by atoms with E-state index in [1.54, 1.807) is 0 Å². The summed E-state index contributed by atoms with van der Waals surface area (Å²) in [6.45, 7) is 5.59. The number of fused-ring (bicyclic) bond motifs is 1. The fourth-order valence-corrected chi connectivity index (χ4v) is 2.49. The molecule has 100 valence electrons. The van der Waals surface area contributed by atoms with Crippen LogP contribution in [0.4, 0.5) is 0 Å². The van der Waals surface area contributed by atoms with Crippen LogP contribution in [0, 0.1) is 5.92 Å². The number of hydrogen-bond acceptors (Lipinski definition) is 2. The highest BCUT2D eigenvalue weighted by molar-refractivity contribution is 5.75. The number of amides is 1. The molecule has 0 saturated heterocycles. The van der Waals surface area contributed by atoms with Gasteiger partial charge in [-0.3, -0.25) is 9.48 Å². The minimum Gasteiger partial charge on any atom is -0.354 e. The molecule has 1 aromatic heterocycles. The van der Waals surface area contributed by atoms with Crippen molar-refractivity contribution < 1.29 is 4.79 Å². The average molecular weight is 249 g/mol. The molecule has 4 heteroatoms. The standard InChI is InChI=1S/C14H23N3O/c1-11(2)9-14(18)15-7-8-17-13-6-4-3-5-12(13)10-16-17/h10-11H,3-9H2,1-2H3,(H,15,18). The second-order valence-corrected chi connectivity index (χ2v) is 5.49. The van der Waals surface area contributed by atoms with E-state index < -0.39 is 0 Å². The van der Waals surface area contributed by atoms with Gasteiger partial charge in [-0.25, -0.2) is 0 Å². The molecule has 0 aromatic carbocycles. The first-order valence-corrected chi connectivity index (χ1v) is 6.97. The van der Waals surface area contributed by atoms with Crippen LogP contribution in [-0.4, -0.2) is 22.2 Å². The van der Waals surface area contributed by atoms with Gasteiger partial charge in [-0.2, -0.15) is 5.10 Å². The zero-order chi connectivity index (χ0) is 13.0. The van der Waals surface area contributed by atoms with Crippen LogP contribution < -0.4 is 5.32 Å². The highest BCUT2D eigenvalue weighted by Crippen LogP contribution is 2.20. The summed E-state index contributed by atoms with van der Waals surface area (Å²) in [7, 11) is 0. The fraction of sp³-hybridized carbons (Fsp3) is 0.714. The summed E-state index contributed by atoms with van der Waals surface area (Å²) in [4.78, 5) is 11.5. The van der Waals surface area contributed by atoms with Crippen molar-refractivity contribution in [2.75, 3.05) is 6.54 Å². The molecule has 1 aliphatic rings. The monoisotopic (exact) mass is 249 g/mol. The molecule has 4 nitrogen and oxygen atoms in total. The maximum absolute atomic E-state index is 11.5. The van der Waals surface area contributed by atoms with Crippen molar-refractivity contribution in [1.82, 2.24) is 15.1 Å². The summed E-state index contributed by atoms with van der Waals surface area (Å²) in [5, 5.41) is 7.38. The molecule has 0 unspecified atom stereocenters. The van der Waals surface area contributed by atoms with Gasteiger partial charge in [-0.05, 0) is 37.2 Å². The first-order valence-electron chi connectivity index (χ1n) is 6.97. The molecular weight excluding hydrogens is 226 g/mol. The van der Waals surface area contributed by atoms with Crippen LogP contribution >= 0.6 is 0 Å². The maximum atomic E-state index is 11.5. The van der Waals surface area contributed by atoms with Crippen molar-refractivity contribution in [3.8, 4) is 0 Å². The Hall–Kier alpha value is -1.32.